The van der Waals surface area contributed by atoms with E-state index in [-0.39, 0.29) is 17.0 Å². The minimum Gasteiger partial charge on any atom is -0.305 e. The van der Waals surface area contributed by atoms with E-state index < -0.39 is 15.8 Å². The fourth-order valence-corrected chi connectivity index (χ4v) is 5.56. The molecule has 6 heteroatoms. The van der Waals surface area contributed by atoms with E-state index in [4.69, 9.17) is 0 Å². The van der Waals surface area contributed by atoms with Crippen LogP contribution in [0.3, 0.4) is 0 Å². The molecule has 2 aliphatic rings. The zero-order chi connectivity index (χ0) is 15.2. The SMILES string of the molecule is Cc1ccc(F)c(S(=O)(=O)N2[C@@H]3CC[C@H]2CN(C)CC3)c1. The molecule has 0 aliphatic carbocycles. The van der Waals surface area contributed by atoms with E-state index in [0.717, 1.165) is 37.9 Å². The Morgan fingerprint density at radius 3 is 2.67 bits per heavy atom. The maximum absolute atomic E-state index is 14.1. The van der Waals surface area contributed by atoms with Crippen LogP contribution in [-0.2, 0) is 10.0 Å². The molecular formula is C15H21FN2O2S. The fourth-order valence-electron chi connectivity index (χ4n) is 3.52. The Hall–Kier alpha value is -0.980. The smallest absolute Gasteiger partial charge is 0.246 e. The van der Waals surface area contributed by atoms with Gasteiger partial charge in [-0.15, -0.1) is 0 Å². The summed E-state index contributed by atoms with van der Waals surface area (Å²) in [4.78, 5) is 1.99. The molecule has 2 heterocycles. The number of halogens is 1. The van der Waals surface area contributed by atoms with Gasteiger partial charge in [-0.1, -0.05) is 6.07 Å². The lowest BCUT2D eigenvalue weighted by Crippen LogP contribution is -2.42. The third-order valence-electron chi connectivity index (χ3n) is 4.56. The van der Waals surface area contributed by atoms with Gasteiger partial charge in [0.15, 0.2) is 0 Å². The molecule has 1 aromatic rings. The lowest BCUT2D eigenvalue weighted by Gasteiger charge is -2.27. The van der Waals surface area contributed by atoms with Crippen molar-refractivity contribution in [1.82, 2.24) is 9.21 Å². The zero-order valence-corrected chi connectivity index (χ0v) is 13.2. The van der Waals surface area contributed by atoms with Gasteiger partial charge in [0.05, 0.1) is 0 Å². The van der Waals surface area contributed by atoms with Gasteiger partial charge in [0, 0.05) is 18.6 Å². The number of sulfonamides is 1. The standard InChI is InChI=1S/C15H21FN2O2S/c1-11-3-6-14(16)15(9-11)21(19,20)18-12-4-5-13(18)10-17(2)8-7-12/h3,6,9,12-13H,4-5,7-8,10H2,1-2H3/t12-,13+/m1/s1. The second-order valence-electron chi connectivity index (χ2n) is 6.20. The van der Waals surface area contributed by atoms with E-state index in [9.17, 15) is 12.8 Å². The van der Waals surface area contributed by atoms with Crippen LogP contribution < -0.4 is 0 Å². The lowest BCUT2D eigenvalue weighted by atomic mass is 10.1. The van der Waals surface area contributed by atoms with Crippen LogP contribution in [0.1, 0.15) is 24.8 Å². The molecular weight excluding hydrogens is 291 g/mol. The van der Waals surface area contributed by atoms with Crippen molar-refractivity contribution in [1.29, 1.82) is 0 Å². The highest BCUT2D eigenvalue weighted by atomic mass is 32.2. The molecule has 2 bridgehead atoms. The normalized spacial score (nSPS) is 27.8. The van der Waals surface area contributed by atoms with E-state index >= 15 is 0 Å². The Labute approximate surface area is 125 Å². The Morgan fingerprint density at radius 2 is 1.90 bits per heavy atom. The van der Waals surface area contributed by atoms with Crippen molar-refractivity contribution in [2.24, 2.45) is 0 Å². The van der Waals surface area contributed by atoms with Crippen LogP contribution in [0.5, 0.6) is 0 Å². The van der Waals surface area contributed by atoms with Crippen LogP contribution in [-0.4, -0.2) is 49.8 Å². The summed E-state index contributed by atoms with van der Waals surface area (Å²) in [7, 11) is -1.75. The van der Waals surface area contributed by atoms with E-state index in [2.05, 4.69) is 4.90 Å². The molecule has 21 heavy (non-hydrogen) atoms. The van der Waals surface area contributed by atoms with Crippen molar-refractivity contribution in [2.75, 3.05) is 20.1 Å². The lowest BCUT2D eigenvalue weighted by molar-refractivity contribution is 0.289. The molecule has 2 fully saturated rings. The first kappa shape index (κ1) is 14.9. The van der Waals surface area contributed by atoms with E-state index in [0.29, 0.717) is 0 Å². The molecule has 1 aromatic carbocycles. The van der Waals surface area contributed by atoms with E-state index in [1.807, 2.05) is 7.05 Å². The first-order valence-corrected chi connectivity index (χ1v) is 8.82. The summed E-state index contributed by atoms with van der Waals surface area (Å²) in [5.74, 6) is -0.655. The molecule has 0 radical (unpaired) electrons. The van der Waals surface area contributed by atoms with E-state index in [1.54, 1.807) is 17.3 Å². The number of hydrogen-bond acceptors (Lipinski definition) is 3. The van der Waals surface area contributed by atoms with Crippen molar-refractivity contribution in [3.8, 4) is 0 Å². The summed E-state index contributed by atoms with van der Waals surface area (Å²) in [5.41, 5.74) is 0.759. The van der Waals surface area contributed by atoms with Crippen LogP contribution in [0.2, 0.25) is 0 Å². The summed E-state index contributed by atoms with van der Waals surface area (Å²) in [6.07, 6.45) is 2.56. The van der Waals surface area contributed by atoms with Crippen LogP contribution in [0, 0.1) is 12.7 Å². The number of rotatable bonds is 2. The molecule has 0 amide bonds. The Morgan fingerprint density at radius 1 is 1.19 bits per heavy atom. The van der Waals surface area contributed by atoms with Crippen LogP contribution in [0.15, 0.2) is 23.1 Å². The third-order valence-corrected chi connectivity index (χ3v) is 6.58. The van der Waals surface area contributed by atoms with Crippen LogP contribution >= 0.6 is 0 Å². The van der Waals surface area contributed by atoms with Gasteiger partial charge in [0.25, 0.3) is 0 Å². The number of likely N-dealkylation sites (N-methyl/N-ethyl adjacent to an activating group) is 1. The first-order valence-electron chi connectivity index (χ1n) is 7.38. The number of hydrogen-bond donors (Lipinski definition) is 0. The molecule has 0 aromatic heterocycles. The summed E-state index contributed by atoms with van der Waals surface area (Å²) in [6.45, 7) is 3.40. The minimum atomic E-state index is -3.77. The average molecular weight is 312 g/mol. The maximum atomic E-state index is 14.1. The molecule has 3 rings (SSSR count). The maximum Gasteiger partial charge on any atom is 0.246 e. The van der Waals surface area contributed by atoms with Crippen molar-refractivity contribution in [2.45, 2.75) is 43.2 Å². The minimum absolute atomic E-state index is 0.00450. The van der Waals surface area contributed by atoms with Gasteiger partial charge in [0.2, 0.25) is 10.0 Å². The molecule has 0 N–H and O–H groups in total. The summed E-state index contributed by atoms with van der Waals surface area (Å²) in [5, 5.41) is 0. The average Bonchev–Trinajstić information content (AvgIpc) is 2.73. The summed E-state index contributed by atoms with van der Waals surface area (Å²) in [6, 6.07) is 4.25. The molecule has 2 atom stereocenters. The van der Waals surface area contributed by atoms with Crippen molar-refractivity contribution < 1.29 is 12.8 Å². The first-order chi connectivity index (χ1) is 9.89. The van der Waals surface area contributed by atoms with Crippen LogP contribution in [0.25, 0.3) is 0 Å². The number of benzene rings is 1. The number of fused-ring (bicyclic) bond motifs is 2. The van der Waals surface area contributed by atoms with Gasteiger partial charge in [-0.25, -0.2) is 12.8 Å². The summed E-state index contributed by atoms with van der Waals surface area (Å²) >= 11 is 0. The molecule has 0 saturated carbocycles. The highest BCUT2D eigenvalue weighted by Gasteiger charge is 2.44. The summed E-state index contributed by atoms with van der Waals surface area (Å²) < 4.78 is 41.5. The molecule has 0 unspecified atom stereocenters. The topological polar surface area (TPSA) is 40.6 Å². The monoisotopic (exact) mass is 312 g/mol. The molecule has 0 spiro atoms. The van der Waals surface area contributed by atoms with Crippen molar-refractivity contribution in [3.05, 3.63) is 29.6 Å². The van der Waals surface area contributed by atoms with E-state index in [1.165, 1.54) is 12.1 Å². The number of aryl methyl sites for hydroxylation is 1. The van der Waals surface area contributed by atoms with Gasteiger partial charge in [-0.3, -0.25) is 0 Å². The second-order valence-corrected chi connectivity index (χ2v) is 8.02. The quantitative estimate of drug-likeness (QED) is 0.838. The number of nitrogens with zero attached hydrogens (tertiary/aromatic N) is 2. The van der Waals surface area contributed by atoms with Gasteiger partial charge in [-0.05, 0) is 57.5 Å². The van der Waals surface area contributed by atoms with Crippen molar-refractivity contribution >= 4 is 10.0 Å². The molecule has 116 valence electrons. The largest absolute Gasteiger partial charge is 0.305 e. The van der Waals surface area contributed by atoms with Gasteiger partial charge in [0.1, 0.15) is 10.7 Å². The number of likely N-dealkylation sites (tertiary alicyclic amines) is 1. The zero-order valence-electron chi connectivity index (χ0n) is 12.4. The van der Waals surface area contributed by atoms with Gasteiger partial charge < -0.3 is 4.90 Å². The molecule has 4 nitrogen and oxygen atoms in total. The Balaban J connectivity index is 2.03. The van der Waals surface area contributed by atoms with Crippen LogP contribution in [0.4, 0.5) is 4.39 Å². The predicted octanol–water partition coefficient (Wildman–Crippen LogP) is 1.99. The molecule has 2 aliphatic heterocycles. The second kappa shape index (κ2) is 5.34. The van der Waals surface area contributed by atoms with Crippen molar-refractivity contribution in [3.63, 3.8) is 0 Å². The predicted molar refractivity (Wildman–Crippen MR) is 79.1 cm³/mol. The van der Waals surface area contributed by atoms with Gasteiger partial charge >= 0.3 is 0 Å². The highest BCUT2D eigenvalue weighted by molar-refractivity contribution is 7.89. The Bertz CT molecular complexity index is 647. The fraction of sp³-hybridized carbons (Fsp3) is 0.600. The molecule has 2 saturated heterocycles. The van der Waals surface area contributed by atoms with Gasteiger partial charge in [-0.2, -0.15) is 4.31 Å². The Kier molecular flexibility index (Phi) is 3.80. The third kappa shape index (κ3) is 2.60. The highest BCUT2D eigenvalue weighted by Crippen LogP contribution is 2.35.